The minimum Gasteiger partial charge on any atom is -0.480 e. The van der Waals surface area contributed by atoms with Gasteiger partial charge in [0.15, 0.2) is 0 Å². The van der Waals surface area contributed by atoms with Crippen LogP contribution >= 0.6 is 0 Å². The van der Waals surface area contributed by atoms with E-state index in [4.69, 9.17) is 16.6 Å². The van der Waals surface area contributed by atoms with Crippen LogP contribution in [0.4, 0.5) is 0 Å². The van der Waals surface area contributed by atoms with Crippen molar-refractivity contribution in [1.29, 1.82) is 0 Å². The smallest absolute Gasteiger partial charge is 0.325 e. The van der Waals surface area contributed by atoms with E-state index in [-0.39, 0.29) is 12.8 Å². The first-order valence-corrected chi connectivity index (χ1v) is 10.7. The maximum absolute atomic E-state index is 12.6. The number of rotatable bonds is 16. The molecule has 0 saturated carbocycles. The van der Waals surface area contributed by atoms with Gasteiger partial charge in [0.05, 0.1) is 25.8 Å². The van der Waals surface area contributed by atoms with Gasteiger partial charge in [0, 0.05) is 6.42 Å². The first kappa shape index (κ1) is 32.2. The zero-order valence-corrected chi connectivity index (χ0v) is 19.8. The van der Waals surface area contributed by atoms with Gasteiger partial charge in [-0.2, -0.15) is 0 Å². The number of carbonyl (C=O) groups excluding carboxylic acids is 6. The first-order valence-electron chi connectivity index (χ1n) is 10.7. The van der Waals surface area contributed by atoms with Gasteiger partial charge in [-0.25, -0.2) is 0 Å². The Morgan fingerprint density at radius 2 is 1.44 bits per heavy atom. The second-order valence-electron chi connectivity index (χ2n) is 7.65. The van der Waals surface area contributed by atoms with Crippen molar-refractivity contribution in [1.82, 2.24) is 26.6 Å². The predicted molar refractivity (Wildman–Crippen MR) is 120 cm³/mol. The van der Waals surface area contributed by atoms with Crippen molar-refractivity contribution >= 4 is 41.4 Å². The number of carbonyl (C=O) groups is 7. The van der Waals surface area contributed by atoms with Crippen LogP contribution in [0.2, 0.25) is 0 Å². The summed E-state index contributed by atoms with van der Waals surface area (Å²) in [7, 11) is 0. The average molecular weight is 520 g/mol. The second kappa shape index (κ2) is 16.0. The summed E-state index contributed by atoms with van der Waals surface area (Å²) >= 11 is 0. The van der Waals surface area contributed by atoms with Crippen molar-refractivity contribution in [2.45, 2.75) is 57.0 Å². The standard InChI is InChI=1S/C19H33N7O10/c1-8(19(35)36)23-14(31)6-22-16(32)11(7-27)25-18(34)15(9(2)28)26-17(33)10(3-4-12(21)29)24-13(30)5-20/h8-11,15,27-28H,3-7,20H2,1-2H3,(H2,21,29)(H,22,32)(H,23,31)(H,24,30)(H,25,34)(H,26,33)(H,35,36)/t8-,9+,10-,11-,15-/m0/s1. The molecule has 12 N–H and O–H groups in total. The molecule has 0 fully saturated rings. The Bertz CT molecular complexity index is 835. The van der Waals surface area contributed by atoms with Crippen LogP contribution < -0.4 is 38.1 Å². The van der Waals surface area contributed by atoms with E-state index < -0.39 is 91.4 Å². The van der Waals surface area contributed by atoms with Crippen LogP contribution in [0.15, 0.2) is 0 Å². The van der Waals surface area contributed by atoms with Crippen molar-refractivity contribution in [3.05, 3.63) is 0 Å². The van der Waals surface area contributed by atoms with Gasteiger partial charge in [-0.1, -0.05) is 0 Å². The molecular formula is C19H33N7O10. The van der Waals surface area contributed by atoms with Crippen LogP contribution in [-0.4, -0.2) is 107 Å². The van der Waals surface area contributed by atoms with Gasteiger partial charge in [-0.3, -0.25) is 33.6 Å². The summed E-state index contributed by atoms with van der Waals surface area (Å²) in [6.45, 7) is 0.272. The molecule has 0 unspecified atom stereocenters. The number of aliphatic hydroxyl groups is 2. The lowest BCUT2D eigenvalue weighted by molar-refractivity contribution is -0.141. The quantitative estimate of drug-likeness (QED) is 0.0914. The fourth-order valence-electron chi connectivity index (χ4n) is 2.57. The Labute approximate surface area is 205 Å². The molecule has 0 aliphatic heterocycles. The number of hydrogen-bond acceptors (Lipinski definition) is 10. The molecule has 0 aromatic heterocycles. The van der Waals surface area contributed by atoms with E-state index in [2.05, 4.69) is 26.6 Å². The highest BCUT2D eigenvalue weighted by Crippen LogP contribution is 2.02. The maximum Gasteiger partial charge on any atom is 0.325 e. The lowest BCUT2D eigenvalue weighted by Gasteiger charge is -2.26. The Morgan fingerprint density at radius 1 is 0.833 bits per heavy atom. The van der Waals surface area contributed by atoms with Gasteiger partial charge in [0.2, 0.25) is 35.4 Å². The Balaban J connectivity index is 5.23. The molecule has 0 radical (unpaired) electrons. The van der Waals surface area contributed by atoms with Gasteiger partial charge in [0.25, 0.3) is 0 Å². The van der Waals surface area contributed by atoms with E-state index in [0.717, 1.165) is 6.92 Å². The summed E-state index contributed by atoms with van der Waals surface area (Å²) in [6.07, 6.45) is -2.03. The number of primary amides is 1. The second-order valence-corrected chi connectivity index (χ2v) is 7.65. The van der Waals surface area contributed by atoms with Crippen molar-refractivity contribution in [2.24, 2.45) is 11.5 Å². The summed E-state index contributed by atoms with van der Waals surface area (Å²) < 4.78 is 0. The van der Waals surface area contributed by atoms with Gasteiger partial charge in [0.1, 0.15) is 24.2 Å². The number of aliphatic carboxylic acids is 1. The molecule has 0 aliphatic carbocycles. The minimum absolute atomic E-state index is 0.231. The van der Waals surface area contributed by atoms with Gasteiger partial charge in [-0.15, -0.1) is 0 Å². The molecule has 0 heterocycles. The zero-order valence-electron chi connectivity index (χ0n) is 19.8. The van der Waals surface area contributed by atoms with E-state index in [1.807, 2.05) is 0 Å². The number of carboxylic acid groups (broad SMARTS) is 1. The minimum atomic E-state index is -1.66. The number of hydrogen-bond donors (Lipinski definition) is 10. The van der Waals surface area contributed by atoms with Crippen molar-refractivity contribution in [3.8, 4) is 0 Å². The first-order chi connectivity index (χ1) is 16.7. The molecule has 0 saturated heterocycles. The molecule has 17 nitrogen and oxygen atoms in total. The fourth-order valence-corrected chi connectivity index (χ4v) is 2.57. The van der Waals surface area contributed by atoms with Crippen LogP contribution in [0, 0.1) is 0 Å². The molecule has 36 heavy (non-hydrogen) atoms. The molecule has 0 bridgehead atoms. The van der Waals surface area contributed by atoms with Crippen LogP contribution in [-0.2, 0) is 33.6 Å². The topological polar surface area (TPSA) is 292 Å². The molecule has 6 amide bonds. The van der Waals surface area contributed by atoms with Gasteiger partial charge < -0.3 is 53.4 Å². The van der Waals surface area contributed by atoms with Gasteiger partial charge >= 0.3 is 5.97 Å². The normalized spacial score (nSPS) is 14.7. The lowest BCUT2D eigenvalue weighted by Crippen LogP contribution is -2.60. The molecule has 0 aromatic carbocycles. The summed E-state index contributed by atoms with van der Waals surface area (Å²) in [5, 5.41) is 38.9. The summed E-state index contributed by atoms with van der Waals surface area (Å²) in [5.74, 6) is -6.74. The number of aliphatic hydroxyl groups excluding tert-OH is 2. The molecule has 0 rings (SSSR count). The third-order valence-electron chi connectivity index (χ3n) is 4.57. The Kier molecular flexibility index (Phi) is 14.3. The largest absolute Gasteiger partial charge is 0.480 e. The Hall–Kier alpha value is -3.83. The third kappa shape index (κ3) is 12.0. The summed E-state index contributed by atoms with van der Waals surface area (Å²) in [5.41, 5.74) is 10.3. The fraction of sp³-hybridized carbons (Fsp3) is 0.632. The molecule has 0 aliphatic rings. The van der Waals surface area contributed by atoms with Gasteiger partial charge in [-0.05, 0) is 20.3 Å². The molecule has 5 atom stereocenters. The van der Waals surface area contributed by atoms with E-state index >= 15 is 0 Å². The molecule has 17 heteroatoms. The monoisotopic (exact) mass is 519 g/mol. The number of nitrogens with one attached hydrogen (secondary N) is 5. The predicted octanol–water partition coefficient (Wildman–Crippen LogP) is -6.26. The van der Waals surface area contributed by atoms with Crippen molar-refractivity contribution in [2.75, 3.05) is 19.7 Å². The van der Waals surface area contributed by atoms with Crippen molar-refractivity contribution < 1.29 is 48.9 Å². The van der Waals surface area contributed by atoms with Crippen LogP contribution in [0.5, 0.6) is 0 Å². The van der Waals surface area contributed by atoms with E-state index in [1.165, 1.54) is 6.92 Å². The SMILES string of the molecule is C[C@H](NC(=O)CNC(=O)[C@H](CO)NC(=O)[C@@H](NC(=O)[C@H](CCC(N)=O)NC(=O)CN)[C@@H](C)O)C(=O)O. The van der Waals surface area contributed by atoms with E-state index in [0.29, 0.717) is 0 Å². The summed E-state index contributed by atoms with van der Waals surface area (Å²) in [6, 6.07) is -5.82. The number of nitrogens with two attached hydrogens (primary N) is 2. The molecule has 204 valence electrons. The van der Waals surface area contributed by atoms with Crippen molar-refractivity contribution in [3.63, 3.8) is 0 Å². The molecule has 0 aromatic rings. The van der Waals surface area contributed by atoms with E-state index in [1.54, 1.807) is 0 Å². The highest BCUT2D eigenvalue weighted by molar-refractivity contribution is 5.95. The van der Waals surface area contributed by atoms with Crippen LogP contribution in [0.3, 0.4) is 0 Å². The highest BCUT2D eigenvalue weighted by atomic mass is 16.4. The lowest BCUT2D eigenvalue weighted by atomic mass is 10.1. The molecule has 0 spiro atoms. The van der Waals surface area contributed by atoms with Crippen LogP contribution in [0.1, 0.15) is 26.7 Å². The summed E-state index contributed by atoms with van der Waals surface area (Å²) in [4.78, 5) is 82.5. The van der Waals surface area contributed by atoms with Crippen LogP contribution in [0.25, 0.3) is 0 Å². The van der Waals surface area contributed by atoms with E-state index in [9.17, 15) is 43.8 Å². The third-order valence-corrected chi connectivity index (χ3v) is 4.57. The highest BCUT2D eigenvalue weighted by Gasteiger charge is 2.32. The number of amides is 6. The Morgan fingerprint density at radius 3 is 1.92 bits per heavy atom. The molecular weight excluding hydrogens is 486 g/mol. The zero-order chi connectivity index (χ0) is 28.0. The number of carboxylic acids is 1. The average Bonchev–Trinajstić information content (AvgIpc) is 2.80. The maximum atomic E-state index is 12.6.